The van der Waals surface area contributed by atoms with Crippen molar-refractivity contribution in [1.29, 1.82) is 0 Å². The van der Waals surface area contributed by atoms with Crippen LogP contribution in [0.2, 0.25) is 0 Å². The van der Waals surface area contributed by atoms with E-state index in [0.717, 1.165) is 24.8 Å². The SMILES string of the molecule is CCCCC1=C[C@@H](O)[C@H]2CO[C@@H]1O2. The Kier molecular flexibility index (Phi) is 2.67. The van der Waals surface area contributed by atoms with Crippen molar-refractivity contribution >= 4 is 0 Å². The van der Waals surface area contributed by atoms with Crippen molar-refractivity contribution in [2.24, 2.45) is 0 Å². The zero-order chi connectivity index (χ0) is 9.26. The van der Waals surface area contributed by atoms with Gasteiger partial charge in [0.15, 0.2) is 6.29 Å². The lowest BCUT2D eigenvalue weighted by Crippen LogP contribution is -2.31. The van der Waals surface area contributed by atoms with Gasteiger partial charge >= 0.3 is 0 Å². The maximum atomic E-state index is 9.58. The van der Waals surface area contributed by atoms with Crippen LogP contribution in [0.25, 0.3) is 0 Å². The van der Waals surface area contributed by atoms with Crippen molar-refractivity contribution in [3.63, 3.8) is 0 Å². The summed E-state index contributed by atoms with van der Waals surface area (Å²) in [5, 5.41) is 9.58. The van der Waals surface area contributed by atoms with Crippen LogP contribution in [0.1, 0.15) is 26.2 Å². The molecular weight excluding hydrogens is 168 g/mol. The number of hydrogen-bond acceptors (Lipinski definition) is 3. The van der Waals surface area contributed by atoms with Gasteiger partial charge in [-0.1, -0.05) is 13.3 Å². The van der Waals surface area contributed by atoms with Gasteiger partial charge in [-0.15, -0.1) is 0 Å². The number of aliphatic hydroxyl groups is 1. The van der Waals surface area contributed by atoms with E-state index in [4.69, 9.17) is 9.47 Å². The van der Waals surface area contributed by atoms with E-state index in [1.165, 1.54) is 0 Å². The Morgan fingerprint density at radius 3 is 3.23 bits per heavy atom. The van der Waals surface area contributed by atoms with Crippen LogP contribution < -0.4 is 0 Å². The quantitative estimate of drug-likeness (QED) is 0.670. The molecule has 0 aromatic heterocycles. The zero-order valence-electron chi connectivity index (χ0n) is 7.90. The predicted molar refractivity (Wildman–Crippen MR) is 48.2 cm³/mol. The van der Waals surface area contributed by atoms with Crippen molar-refractivity contribution in [3.05, 3.63) is 11.6 Å². The highest BCUT2D eigenvalue weighted by molar-refractivity contribution is 5.15. The van der Waals surface area contributed by atoms with Gasteiger partial charge in [0.25, 0.3) is 0 Å². The first-order valence-electron chi connectivity index (χ1n) is 4.97. The van der Waals surface area contributed by atoms with Gasteiger partial charge in [0, 0.05) is 0 Å². The molecule has 0 amide bonds. The molecule has 74 valence electrons. The Morgan fingerprint density at radius 2 is 2.46 bits per heavy atom. The van der Waals surface area contributed by atoms with Gasteiger partial charge in [-0.05, 0) is 24.5 Å². The largest absolute Gasteiger partial charge is 0.386 e. The Hall–Kier alpha value is -0.380. The van der Waals surface area contributed by atoms with Crippen molar-refractivity contribution < 1.29 is 14.6 Å². The minimum Gasteiger partial charge on any atom is -0.386 e. The fraction of sp³-hybridized carbons (Fsp3) is 0.800. The monoisotopic (exact) mass is 184 g/mol. The molecule has 3 heteroatoms. The van der Waals surface area contributed by atoms with E-state index in [1.54, 1.807) is 0 Å². The molecule has 0 spiro atoms. The van der Waals surface area contributed by atoms with E-state index >= 15 is 0 Å². The molecule has 3 nitrogen and oxygen atoms in total. The summed E-state index contributed by atoms with van der Waals surface area (Å²) in [6.45, 7) is 2.68. The minimum atomic E-state index is -0.467. The van der Waals surface area contributed by atoms with Crippen LogP contribution in [0.15, 0.2) is 11.6 Å². The van der Waals surface area contributed by atoms with E-state index in [1.807, 2.05) is 6.08 Å². The topological polar surface area (TPSA) is 38.7 Å². The van der Waals surface area contributed by atoms with Crippen LogP contribution >= 0.6 is 0 Å². The molecule has 3 atom stereocenters. The molecule has 13 heavy (non-hydrogen) atoms. The van der Waals surface area contributed by atoms with E-state index in [-0.39, 0.29) is 12.4 Å². The predicted octanol–water partition coefficient (Wildman–Crippen LogP) is 1.22. The van der Waals surface area contributed by atoms with E-state index in [0.29, 0.717) is 6.61 Å². The smallest absolute Gasteiger partial charge is 0.180 e. The molecular formula is C10H16O3. The van der Waals surface area contributed by atoms with Gasteiger partial charge in [0.2, 0.25) is 0 Å². The number of unbranched alkanes of at least 4 members (excludes halogenated alkanes) is 1. The van der Waals surface area contributed by atoms with Crippen LogP contribution in [-0.2, 0) is 9.47 Å². The minimum absolute atomic E-state index is 0.129. The van der Waals surface area contributed by atoms with E-state index in [9.17, 15) is 5.11 Å². The Labute approximate surface area is 78.3 Å². The average Bonchev–Trinajstić information content (AvgIpc) is 2.55. The summed E-state index contributed by atoms with van der Waals surface area (Å²) in [5.74, 6) is 0. The van der Waals surface area contributed by atoms with Crippen LogP contribution in [0.5, 0.6) is 0 Å². The fourth-order valence-corrected chi connectivity index (χ4v) is 1.78. The average molecular weight is 184 g/mol. The third-order valence-electron chi connectivity index (χ3n) is 2.60. The van der Waals surface area contributed by atoms with Gasteiger partial charge in [-0.2, -0.15) is 0 Å². The highest BCUT2D eigenvalue weighted by atomic mass is 16.7. The Bertz CT molecular complexity index is 212. The van der Waals surface area contributed by atoms with Gasteiger partial charge in [-0.3, -0.25) is 0 Å². The number of rotatable bonds is 3. The lowest BCUT2D eigenvalue weighted by molar-refractivity contribution is -0.0634. The van der Waals surface area contributed by atoms with Crippen molar-refractivity contribution in [2.75, 3.05) is 6.61 Å². The summed E-state index contributed by atoms with van der Waals surface area (Å²) in [6.07, 6.45) is 4.41. The molecule has 2 bridgehead atoms. The summed E-state index contributed by atoms with van der Waals surface area (Å²) < 4.78 is 10.9. The zero-order valence-corrected chi connectivity index (χ0v) is 7.90. The van der Waals surface area contributed by atoms with E-state index in [2.05, 4.69) is 6.92 Å². The van der Waals surface area contributed by atoms with Crippen molar-refractivity contribution in [2.45, 2.75) is 44.7 Å². The van der Waals surface area contributed by atoms with Crippen molar-refractivity contribution in [1.82, 2.24) is 0 Å². The van der Waals surface area contributed by atoms with Crippen LogP contribution in [-0.4, -0.2) is 30.2 Å². The standard InChI is InChI=1S/C10H16O3/c1-2-3-4-7-5-8(11)9-6-12-10(7)13-9/h5,8-11H,2-4,6H2,1H3/t8-,9-,10-/m1/s1. The van der Waals surface area contributed by atoms with Crippen LogP contribution in [0.3, 0.4) is 0 Å². The third-order valence-corrected chi connectivity index (χ3v) is 2.60. The van der Waals surface area contributed by atoms with Gasteiger partial charge in [-0.25, -0.2) is 0 Å². The van der Waals surface area contributed by atoms with E-state index < -0.39 is 6.10 Å². The number of aliphatic hydroxyl groups excluding tert-OH is 1. The number of hydrogen-bond donors (Lipinski definition) is 1. The Balaban J connectivity index is 2.00. The van der Waals surface area contributed by atoms with Crippen molar-refractivity contribution in [3.8, 4) is 0 Å². The second-order valence-electron chi connectivity index (χ2n) is 3.68. The summed E-state index contributed by atoms with van der Waals surface area (Å²) in [5.41, 5.74) is 1.11. The molecule has 0 radical (unpaired) electrons. The molecule has 0 unspecified atom stereocenters. The lowest BCUT2D eigenvalue weighted by atomic mass is 10.0. The first kappa shape index (κ1) is 9.19. The first-order chi connectivity index (χ1) is 6.31. The molecule has 0 aliphatic carbocycles. The maximum Gasteiger partial charge on any atom is 0.180 e. The molecule has 1 fully saturated rings. The van der Waals surface area contributed by atoms with Gasteiger partial charge in [0.05, 0.1) is 6.61 Å². The molecule has 2 heterocycles. The summed E-state index contributed by atoms with van der Waals surface area (Å²) in [7, 11) is 0. The summed E-state index contributed by atoms with van der Waals surface area (Å²) in [4.78, 5) is 0. The molecule has 1 N–H and O–H groups in total. The number of ether oxygens (including phenoxy) is 2. The highest BCUT2D eigenvalue weighted by Gasteiger charge is 2.37. The second kappa shape index (κ2) is 3.78. The van der Waals surface area contributed by atoms with Crippen LogP contribution in [0.4, 0.5) is 0 Å². The lowest BCUT2D eigenvalue weighted by Gasteiger charge is -2.23. The fourth-order valence-electron chi connectivity index (χ4n) is 1.78. The van der Waals surface area contributed by atoms with Gasteiger partial charge < -0.3 is 14.6 Å². The summed E-state index contributed by atoms with van der Waals surface area (Å²) in [6, 6.07) is 0. The molecule has 2 aliphatic rings. The molecule has 0 aromatic carbocycles. The van der Waals surface area contributed by atoms with Gasteiger partial charge in [0.1, 0.15) is 12.2 Å². The van der Waals surface area contributed by atoms with Crippen LogP contribution in [0, 0.1) is 0 Å². The normalized spacial score (nSPS) is 37.7. The molecule has 2 rings (SSSR count). The third kappa shape index (κ3) is 1.77. The highest BCUT2D eigenvalue weighted by Crippen LogP contribution is 2.29. The second-order valence-corrected chi connectivity index (χ2v) is 3.68. The first-order valence-corrected chi connectivity index (χ1v) is 4.97. The maximum absolute atomic E-state index is 9.58. The number of fused-ring (bicyclic) bond motifs is 2. The molecule has 0 saturated carbocycles. The summed E-state index contributed by atoms with van der Waals surface area (Å²) >= 11 is 0. The molecule has 2 aliphatic heterocycles. The molecule has 1 saturated heterocycles. The molecule has 0 aromatic rings. The Morgan fingerprint density at radius 1 is 1.62 bits per heavy atom.